The lowest BCUT2D eigenvalue weighted by molar-refractivity contribution is 1.04. The summed E-state index contributed by atoms with van der Waals surface area (Å²) in [7, 11) is 0. The van der Waals surface area contributed by atoms with E-state index in [2.05, 4.69) is 122 Å². The summed E-state index contributed by atoms with van der Waals surface area (Å²) in [4.78, 5) is 13.8. The predicted octanol–water partition coefficient (Wildman–Crippen LogP) is 8.89. The highest BCUT2D eigenvalue weighted by atomic mass is 15.1. The number of hydrogen-bond donors (Lipinski definition) is 0. The molecule has 42 heavy (non-hydrogen) atoms. The van der Waals surface area contributed by atoms with Gasteiger partial charge in [-0.3, -0.25) is 9.55 Å². The van der Waals surface area contributed by atoms with Crippen LogP contribution in [-0.4, -0.2) is 24.1 Å². The molecule has 0 atom stereocenters. The average Bonchev–Trinajstić information content (AvgIpc) is 3.59. The Bertz CT molecular complexity index is 2450. The molecule has 0 radical (unpaired) electrons. The average molecular weight is 538 g/mol. The Labute approximate surface area is 241 Å². The third-order valence-electron chi connectivity index (χ3n) is 8.27. The van der Waals surface area contributed by atoms with Crippen LogP contribution in [0.1, 0.15) is 0 Å². The van der Waals surface area contributed by atoms with Crippen LogP contribution < -0.4 is 0 Å². The van der Waals surface area contributed by atoms with Crippen molar-refractivity contribution < 1.29 is 0 Å². The van der Waals surface area contributed by atoms with E-state index in [4.69, 9.17) is 4.98 Å². The van der Waals surface area contributed by atoms with Gasteiger partial charge in [0.2, 0.25) is 0 Å². The number of fused-ring (bicyclic) bond motifs is 9. The lowest BCUT2D eigenvalue weighted by Crippen LogP contribution is -2.00. The molecule has 0 N–H and O–H groups in total. The molecule has 0 bridgehead atoms. The number of para-hydroxylation sites is 3. The maximum atomic E-state index is 5.00. The molecule has 0 aliphatic rings. The van der Waals surface area contributed by atoms with Crippen LogP contribution in [0.3, 0.4) is 0 Å². The van der Waals surface area contributed by atoms with E-state index in [0.29, 0.717) is 5.82 Å². The highest BCUT2D eigenvalue weighted by molar-refractivity contribution is 6.29. The molecule has 5 aromatic carbocycles. The molecule has 0 spiro atoms. The van der Waals surface area contributed by atoms with Gasteiger partial charge in [-0.15, -0.1) is 0 Å². The van der Waals surface area contributed by atoms with Gasteiger partial charge in [0.15, 0.2) is 5.82 Å². The molecule has 0 saturated heterocycles. The van der Waals surface area contributed by atoms with Gasteiger partial charge >= 0.3 is 0 Å². The Kier molecular flexibility index (Phi) is 4.83. The second-order valence-corrected chi connectivity index (χ2v) is 10.5. The van der Waals surface area contributed by atoms with Crippen molar-refractivity contribution in [2.24, 2.45) is 0 Å². The van der Waals surface area contributed by atoms with E-state index in [1.54, 1.807) is 12.4 Å². The summed E-state index contributed by atoms with van der Waals surface area (Å²) in [5, 5.41) is 7.42. The van der Waals surface area contributed by atoms with Gasteiger partial charge < -0.3 is 4.57 Å². The minimum atomic E-state index is 0.655. The smallest absolute Gasteiger partial charge is 0.163 e. The van der Waals surface area contributed by atoms with Crippen molar-refractivity contribution in [3.63, 3.8) is 0 Å². The molecule has 0 saturated carbocycles. The highest BCUT2D eigenvalue weighted by Crippen LogP contribution is 2.42. The lowest BCUT2D eigenvalue weighted by Gasteiger charge is -2.10. The molecular weight excluding hydrogens is 514 g/mol. The van der Waals surface area contributed by atoms with Gasteiger partial charge in [-0.1, -0.05) is 66.7 Å². The van der Waals surface area contributed by atoms with E-state index in [-0.39, 0.29) is 0 Å². The fourth-order valence-corrected chi connectivity index (χ4v) is 6.55. The quantitative estimate of drug-likeness (QED) is 0.226. The number of aromatic nitrogens is 5. The molecule has 9 rings (SSSR count). The number of nitrogens with zero attached hydrogens (tertiary/aromatic N) is 5. The van der Waals surface area contributed by atoms with Gasteiger partial charge in [0.1, 0.15) is 5.82 Å². The first-order valence-corrected chi connectivity index (χ1v) is 14.0. The fraction of sp³-hybridized carbons (Fsp3) is 0. The van der Waals surface area contributed by atoms with Crippen LogP contribution in [0.4, 0.5) is 0 Å². The van der Waals surface area contributed by atoms with Crippen LogP contribution in [0.5, 0.6) is 0 Å². The second kappa shape index (κ2) is 8.85. The molecule has 0 amide bonds. The molecule has 5 heteroatoms. The van der Waals surface area contributed by atoms with Gasteiger partial charge in [-0.05, 0) is 65.4 Å². The number of benzene rings is 5. The number of pyridine rings is 1. The van der Waals surface area contributed by atoms with E-state index in [1.807, 2.05) is 24.4 Å². The Morgan fingerprint density at radius 1 is 0.452 bits per heavy atom. The lowest BCUT2D eigenvalue weighted by atomic mass is 9.99. The van der Waals surface area contributed by atoms with Crippen molar-refractivity contribution in [3.05, 3.63) is 140 Å². The Morgan fingerprint density at radius 2 is 1.10 bits per heavy atom. The third kappa shape index (κ3) is 3.22. The minimum Gasteiger partial charge on any atom is -0.309 e. The Balaban J connectivity index is 1.38. The van der Waals surface area contributed by atoms with E-state index in [9.17, 15) is 0 Å². The highest BCUT2D eigenvalue weighted by Gasteiger charge is 2.19. The predicted molar refractivity (Wildman–Crippen MR) is 171 cm³/mol. The third-order valence-corrected chi connectivity index (χ3v) is 8.27. The molecule has 9 aromatic rings. The van der Waals surface area contributed by atoms with E-state index < -0.39 is 0 Å². The Morgan fingerprint density at radius 3 is 1.79 bits per heavy atom. The molecule has 4 heterocycles. The van der Waals surface area contributed by atoms with Crippen molar-refractivity contribution in [1.29, 1.82) is 0 Å². The van der Waals surface area contributed by atoms with Gasteiger partial charge in [0, 0.05) is 51.4 Å². The van der Waals surface area contributed by atoms with Gasteiger partial charge in [-0.25, -0.2) is 9.97 Å². The topological polar surface area (TPSA) is 48.5 Å². The van der Waals surface area contributed by atoms with Crippen LogP contribution >= 0.6 is 0 Å². The van der Waals surface area contributed by atoms with E-state index in [1.165, 1.54) is 43.4 Å². The minimum absolute atomic E-state index is 0.655. The zero-order valence-electron chi connectivity index (χ0n) is 22.5. The molecule has 0 fully saturated rings. The summed E-state index contributed by atoms with van der Waals surface area (Å²) in [6.07, 6.45) is 5.39. The van der Waals surface area contributed by atoms with Crippen molar-refractivity contribution in [2.75, 3.05) is 0 Å². The van der Waals surface area contributed by atoms with Crippen molar-refractivity contribution >= 4 is 54.4 Å². The molecule has 5 nitrogen and oxygen atoms in total. The van der Waals surface area contributed by atoms with Crippen LogP contribution in [0.25, 0.3) is 77.3 Å². The van der Waals surface area contributed by atoms with Crippen molar-refractivity contribution in [2.45, 2.75) is 0 Å². The largest absolute Gasteiger partial charge is 0.309 e. The van der Waals surface area contributed by atoms with E-state index in [0.717, 1.165) is 28.1 Å². The SMILES string of the molecule is c1ccc(-n2c3ccccc3c3c4ccc5c(c4ccc32)c2ccccc2n5-c2ccnc(-c3cccnc3)n2)cc1. The molecule has 4 aromatic heterocycles. The van der Waals surface area contributed by atoms with Crippen LogP contribution in [0, 0.1) is 0 Å². The van der Waals surface area contributed by atoms with Gasteiger partial charge in [0.25, 0.3) is 0 Å². The maximum Gasteiger partial charge on any atom is 0.163 e. The zero-order valence-corrected chi connectivity index (χ0v) is 22.5. The summed E-state index contributed by atoms with van der Waals surface area (Å²) in [5.41, 5.74) is 6.69. The number of rotatable bonds is 3. The summed E-state index contributed by atoms with van der Waals surface area (Å²) >= 11 is 0. The normalized spacial score (nSPS) is 11.8. The molecular formula is C37H23N5. The molecule has 0 aliphatic carbocycles. The summed E-state index contributed by atoms with van der Waals surface area (Å²) in [6, 6.07) is 42.9. The maximum absolute atomic E-state index is 5.00. The summed E-state index contributed by atoms with van der Waals surface area (Å²) in [5.74, 6) is 1.49. The first-order chi connectivity index (χ1) is 20.9. The number of hydrogen-bond acceptors (Lipinski definition) is 3. The fourth-order valence-electron chi connectivity index (χ4n) is 6.55. The standard InChI is InChI=1S/C37H23N5/c1-2-10-25(11-3-1)41-30-14-6-4-12-28(30)35-26-17-19-33-36(27(26)16-18-32(35)41)29-13-5-7-15-31(29)42(33)34-20-22-39-37(40-34)24-9-8-21-38-23-24/h1-23H. The zero-order chi connectivity index (χ0) is 27.6. The first-order valence-electron chi connectivity index (χ1n) is 14.0. The summed E-state index contributed by atoms with van der Waals surface area (Å²) in [6.45, 7) is 0. The van der Waals surface area contributed by atoms with Crippen LogP contribution in [0.2, 0.25) is 0 Å². The molecule has 0 unspecified atom stereocenters. The van der Waals surface area contributed by atoms with Crippen LogP contribution in [-0.2, 0) is 0 Å². The molecule has 196 valence electrons. The van der Waals surface area contributed by atoms with E-state index >= 15 is 0 Å². The van der Waals surface area contributed by atoms with Crippen molar-refractivity contribution in [3.8, 4) is 22.9 Å². The van der Waals surface area contributed by atoms with Crippen LogP contribution in [0.15, 0.2) is 140 Å². The second-order valence-electron chi connectivity index (χ2n) is 10.5. The van der Waals surface area contributed by atoms with Crippen molar-refractivity contribution in [1.82, 2.24) is 24.1 Å². The molecule has 0 aliphatic heterocycles. The summed E-state index contributed by atoms with van der Waals surface area (Å²) < 4.78 is 4.63. The monoisotopic (exact) mass is 537 g/mol. The Hall–Kier alpha value is -5.81. The van der Waals surface area contributed by atoms with Gasteiger partial charge in [0.05, 0.1) is 22.1 Å². The van der Waals surface area contributed by atoms with Gasteiger partial charge in [-0.2, -0.15) is 0 Å². The first kappa shape index (κ1) is 22.9.